The van der Waals surface area contributed by atoms with Crippen LogP contribution in [0, 0.1) is 0 Å². The molecule has 0 spiro atoms. The number of hydrogen-bond acceptors (Lipinski definition) is 2. The van der Waals surface area contributed by atoms with Gasteiger partial charge in [0.2, 0.25) is 0 Å². The maximum atomic E-state index is 12.2. The second kappa shape index (κ2) is 6.62. The molecule has 4 aromatic rings. The van der Waals surface area contributed by atoms with Gasteiger partial charge in [0.15, 0.2) is 0 Å². The quantitative estimate of drug-likeness (QED) is 0.327. The molecule has 0 heterocycles. The van der Waals surface area contributed by atoms with Crippen molar-refractivity contribution in [2.45, 2.75) is 19.9 Å². The second-order valence-electron chi connectivity index (χ2n) is 6.27. The van der Waals surface area contributed by atoms with Gasteiger partial charge < -0.3 is 4.89 Å². The maximum Gasteiger partial charge on any atom is 0.324 e. The van der Waals surface area contributed by atoms with Crippen molar-refractivity contribution in [3.8, 4) is 0 Å². The molecule has 2 N–H and O–H groups in total. The third-order valence-corrected chi connectivity index (χ3v) is 8.04. The maximum absolute atomic E-state index is 12.2. The lowest BCUT2D eigenvalue weighted by Gasteiger charge is -2.16. The Morgan fingerprint density at radius 2 is 1.60 bits per heavy atom. The largest absolute Gasteiger partial charge is 0.326 e. The van der Waals surface area contributed by atoms with E-state index in [1.54, 1.807) is 0 Å². The van der Waals surface area contributed by atoms with Gasteiger partial charge in [-0.1, -0.05) is 72.9 Å². The van der Waals surface area contributed by atoms with Crippen LogP contribution in [0.15, 0.2) is 54.6 Å². The Bertz CT molecular complexity index is 1080. The first kappa shape index (κ1) is 16.9. The molecule has 1 atom stereocenters. The van der Waals surface area contributed by atoms with Crippen molar-refractivity contribution in [3.63, 3.8) is 0 Å². The standard InChI is InChI=1S/C20H20NO2PS/c1-2-12-25-24(22,23)21-13-17-9-8-16-7-6-14-4-3-5-15-10-11-18(17)20(16)19(14)15/h3-11H,2,12-13H2,1H3,(H2,21,22,23). The lowest BCUT2D eigenvalue weighted by molar-refractivity contribution is 0.482. The molecule has 0 radical (unpaired) electrons. The van der Waals surface area contributed by atoms with Crippen molar-refractivity contribution in [2.24, 2.45) is 0 Å². The van der Waals surface area contributed by atoms with E-state index in [0.29, 0.717) is 12.3 Å². The van der Waals surface area contributed by atoms with Gasteiger partial charge in [-0.05, 0) is 44.3 Å². The summed E-state index contributed by atoms with van der Waals surface area (Å²) in [4.78, 5) is 10.1. The molecule has 0 saturated heterocycles. The first-order valence-corrected chi connectivity index (χ1v) is 11.7. The Morgan fingerprint density at radius 3 is 2.32 bits per heavy atom. The summed E-state index contributed by atoms with van der Waals surface area (Å²) >= 11 is 1.11. The van der Waals surface area contributed by atoms with Crippen molar-refractivity contribution >= 4 is 50.4 Å². The van der Waals surface area contributed by atoms with Gasteiger partial charge >= 0.3 is 6.72 Å². The number of benzene rings is 4. The van der Waals surface area contributed by atoms with Crippen LogP contribution in [0.3, 0.4) is 0 Å². The van der Waals surface area contributed by atoms with Gasteiger partial charge in [0.1, 0.15) is 0 Å². The average Bonchev–Trinajstić information content (AvgIpc) is 2.63. The lowest BCUT2D eigenvalue weighted by Crippen LogP contribution is -2.08. The molecule has 0 fully saturated rings. The molecule has 4 rings (SSSR count). The van der Waals surface area contributed by atoms with Gasteiger partial charge in [0.05, 0.1) is 0 Å². The van der Waals surface area contributed by atoms with Gasteiger partial charge in [-0.3, -0.25) is 4.57 Å². The first-order chi connectivity index (χ1) is 12.1. The van der Waals surface area contributed by atoms with E-state index in [1.807, 2.05) is 6.92 Å². The van der Waals surface area contributed by atoms with Crippen LogP contribution in [-0.4, -0.2) is 10.6 Å². The Balaban J connectivity index is 1.79. The van der Waals surface area contributed by atoms with Crippen LogP contribution in [0.4, 0.5) is 0 Å². The molecule has 128 valence electrons. The van der Waals surface area contributed by atoms with Crippen LogP contribution in [0.2, 0.25) is 0 Å². The van der Waals surface area contributed by atoms with Crippen molar-refractivity contribution < 1.29 is 9.46 Å². The molecule has 0 bridgehead atoms. The molecule has 5 heteroatoms. The topological polar surface area (TPSA) is 49.3 Å². The van der Waals surface area contributed by atoms with E-state index in [4.69, 9.17) is 0 Å². The third kappa shape index (κ3) is 3.16. The molecule has 4 aromatic carbocycles. The zero-order chi connectivity index (χ0) is 17.4. The fourth-order valence-corrected chi connectivity index (χ4v) is 6.04. The minimum Gasteiger partial charge on any atom is -0.326 e. The molecule has 0 aliphatic rings. The highest BCUT2D eigenvalue weighted by molar-refractivity contribution is 8.55. The highest BCUT2D eigenvalue weighted by Gasteiger charge is 2.18. The highest BCUT2D eigenvalue weighted by atomic mass is 32.7. The van der Waals surface area contributed by atoms with Crippen LogP contribution in [0.25, 0.3) is 32.3 Å². The van der Waals surface area contributed by atoms with Crippen LogP contribution in [0.1, 0.15) is 18.9 Å². The van der Waals surface area contributed by atoms with E-state index in [0.717, 1.165) is 28.8 Å². The molecule has 0 aliphatic heterocycles. The first-order valence-electron chi connectivity index (χ1n) is 8.47. The van der Waals surface area contributed by atoms with Gasteiger partial charge in [0, 0.05) is 12.3 Å². The zero-order valence-electron chi connectivity index (χ0n) is 14.0. The molecule has 0 aromatic heterocycles. The Morgan fingerprint density at radius 1 is 0.960 bits per heavy atom. The fourth-order valence-electron chi connectivity index (χ4n) is 3.40. The summed E-state index contributed by atoms with van der Waals surface area (Å²) in [6.45, 7) is -0.960. The summed E-state index contributed by atoms with van der Waals surface area (Å²) in [7, 11) is 0. The monoisotopic (exact) mass is 369 g/mol. The van der Waals surface area contributed by atoms with Crippen molar-refractivity contribution in [2.75, 3.05) is 5.75 Å². The molecule has 0 saturated carbocycles. The van der Waals surface area contributed by atoms with E-state index < -0.39 is 6.72 Å². The molecule has 3 nitrogen and oxygen atoms in total. The van der Waals surface area contributed by atoms with Gasteiger partial charge in [0.25, 0.3) is 0 Å². The SMILES string of the molecule is CCCSP(=O)(O)NCc1ccc2ccc3cccc4ccc1c2c34. The Hall–Kier alpha value is -1.58. The predicted molar refractivity (Wildman–Crippen MR) is 110 cm³/mol. The minimum atomic E-state index is -3.36. The Labute approximate surface area is 151 Å². The van der Waals surface area contributed by atoms with E-state index in [-0.39, 0.29) is 0 Å². The molecule has 0 aliphatic carbocycles. The zero-order valence-corrected chi connectivity index (χ0v) is 15.7. The summed E-state index contributed by atoms with van der Waals surface area (Å²) in [5.41, 5.74) is 1.05. The molecule has 25 heavy (non-hydrogen) atoms. The molecular formula is C20H20NO2PS. The van der Waals surface area contributed by atoms with Crippen LogP contribution in [-0.2, 0) is 11.1 Å². The summed E-state index contributed by atoms with van der Waals surface area (Å²) in [5, 5.41) is 10.2. The molecule has 0 amide bonds. The third-order valence-electron chi connectivity index (χ3n) is 4.56. The Kier molecular flexibility index (Phi) is 4.47. The van der Waals surface area contributed by atoms with E-state index in [2.05, 4.69) is 59.7 Å². The normalized spacial score (nSPS) is 14.5. The van der Waals surface area contributed by atoms with Crippen LogP contribution < -0.4 is 5.09 Å². The van der Waals surface area contributed by atoms with Gasteiger partial charge in [-0.2, -0.15) is 0 Å². The minimum absolute atomic E-state index is 0.388. The van der Waals surface area contributed by atoms with Crippen molar-refractivity contribution in [1.82, 2.24) is 5.09 Å². The fraction of sp³-hybridized carbons (Fsp3) is 0.200. The summed E-state index contributed by atoms with van der Waals surface area (Å²) in [5.74, 6) is 0.680. The van der Waals surface area contributed by atoms with E-state index in [9.17, 15) is 9.46 Å². The van der Waals surface area contributed by atoms with E-state index >= 15 is 0 Å². The number of rotatable bonds is 6. The van der Waals surface area contributed by atoms with Crippen LogP contribution >= 0.6 is 18.1 Å². The van der Waals surface area contributed by atoms with Crippen molar-refractivity contribution in [1.29, 1.82) is 0 Å². The molecule has 1 unspecified atom stereocenters. The summed E-state index contributed by atoms with van der Waals surface area (Å²) < 4.78 is 12.2. The smallest absolute Gasteiger partial charge is 0.324 e. The number of nitrogens with one attached hydrogen (secondary N) is 1. The predicted octanol–water partition coefficient (Wildman–Crippen LogP) is 5.92. The van der Waals surface area contributed by atoms with Gasteiger partial charge in [-0.25, -0.2) is 5.09 Å². The molecular weight excluding hydrogens is 349 g/mol. The average molecular weight is 369 g/mol. The van der Waals surface area contributed by atoms with Crippen LogP contribution in [0.5, 0.6) is 0 Å². The van der Waals surface area contributed by atoms with Gasteiger partial charge in [-0.15, -0.1) is 0 Å². The number of hydrogen-bond donors (Lipinski definition) is 2. The highest BCUT2D eigenvalue weighted by Crippen LogP contribution is 2.51. The van der Waals surface area contributed by atoms with E-state index in [1.165, 1.54) is 26.9 Å². The second-order valence-corrected chi connectivity index (χ2v) is 10.6. The summed E-state index contributed by atoms with van der Waals surface area (Å²) in [6.07, 6.45) is 0.885. The van der Waals surface area contributed by atoms with Crippen molar-refractivity contribution in [3.05, 3.63) is 60.2 Å². The summed E-state index contributed by atoms with van der Waals surface area (Å²) in [6, 6.07) is 19.1. The lowest BCUT2D eigenvalue weighted by atomic mass is 9.92.